The molecule has 1 saturated heterocycles. The predicted octanol–water partition coefficient (Wildman–Crippen LogP) is 2.36. The van der Waals surface area contributed by atoms with Crippen LogP contribution in [-0.2, 0) is 10.4 Å². The lowest BCUT2D eigenvalue weighted by molar-refractivity contribution is 0.0557. The van der Waals surface area contributed by atoms with Crippen molar-refractivity contribution >= 4 is 0 Å². The number of rotatable bonds is 1. The Labute approximate surface area is 88.4 Å². The van der Waals surface area contributed by atoms with E-state index in [1.807, 2.05) is 12.1 Å². The van der Waals surface area contributed by atoms with Gasteiger partial charge in [0, 0.05) is 11.5 Å². The predicted molar refractivity (Wildman–Crippen MR) is 54.5 cm³/mol. The largest absolute Gasteiger partial charge is 0.301 e. The van der Waals surface area contributed by atoms with Crippen LogP contribution in [0.4, 0.5) is 4.39 Å². The van der Waals surface area contributed by atoms with Crippen LogP contribution in [-0.4, -0.2) is 6.61 Å². The minimum atomic E-state index is -0.259. The zero-order valence-electron chi connectivity index (χ0n) is 8.50. The third kappa shape index (κ3) is 1.23. The summed E-state index contributed by atoms with van der Waals surface area (Å²) >= 11 is 0. The van der Waals surface area contributed by atoms with Crippen molar-refractivity contribution in [3.05, 3.63) is 35.6 Å². The summed E-state index contributed by atoms with van der Waals surface area (Å²) in [5, 5.41) is 0. The van der Waals surface area contributed by atoms with Gasteiger partial charge in [0.2, 0.25) is 0 Å². The van der Waals surface area contributed by atoms with Crippen molar-refractivity contribution in [2.45, 2.75) is 24.8 Å². The first-order valence-corrected chi connectivity index (χ1v) is 5.47. The first kappa shape index (κ1) is 9.31. The first-order chi connectivity index (χ1) is 7.33. The van der Waals surface area contributed by atoms with Crippen LogP contribution in [0.2, 0.25) is 0 Å². The molecule has 0 bridgehead atoms. The van der Waals surface area contributed by atoms with Gasteiger partial charge in [0.1, 0.15) is 5.82 Å². The number of hydrogen-bond acceptors (Lipinski definition) is 2. The van der Waals surface area contributed by atoms with Crippen LogP contribution in [0, 0.1) is 11.7 Å². The second kappa shape index (κ2) is 3.29. The van der Waals surface area contributed by atoms with Crippen LogP contribution in [0.15, 0.2) is 24.3 Å². The van der Waals surface area contributed by atoms with E-state index < -0.39 is 0 Å². The summed E-state index contributed by atoms with van der Waals surface area (Å²) in [5.41, 5.74) is 3.56. The molecule has 1 aliphatic heterocycles. The van der Waals surface area contributed by atoms with E-state index in [1.54, 1.807) is 6.07 Å². The molecule has 0 unspecified atom stereocenters. The van der Waals surface area contributed by atoms with Gasteiger partial charge in [-0.15, -0.1) is 0 Å². The fourth-order valence-corrected chi connectivity index (χ4v) is 2.94. The molecule has 1 saturated carbocycles. The van der Waals surface area contributed by atoms with E-state index in [9.17, 15) is 4.39 Å². The molecule has 80 valence electrons. The molecule has 1 N–H and O–H groups in total. The van der Waals surface area contributed by atoms with Gasteiger partial charge >= 0.3 is 0 Å². The second-order valence-corrected chi connectivity index (χ2v) is 4.45. The molecule has 1 aliphatic carbocycles. The number of nitrogens with one attached hydrogen (secondary N) is 1. The molecule has 2 nitrogen and oxygen atoms in total. The quantitative estimate of drug-likeness (QED) is 0.763. The van der Waals surface area contributed by atoms with Crippen LogP contribution in [0.5, 0.6) is 0 Å². The molecule has 3 rings (SSSR count). The van der Waals surface area contributed by atoms with E-state index in [4.69, 9.17) is 4.84 Å². The maximum atomic E-state index is 13.8. The number of hydrogen-bond donors (Lipinski definition) is 1. The summed E-state index contributed by atoms with van der Waals surface area (Å²) in [6, 6.07) is 7.02. The number of halogens is 1. The van der Waals surface area contributed by atoms with E-state index in [0.29, 0.717) is 12.5 Å². The molecule has 1 heterocycles. The van der Waals surface area contributed by atoms with Gasteiger partial charge in [0.05, 0.1) is 12.1 Å². The number of hydroxylamine groups is 1. The maximum absolute atomic E-state index is 13.8. The van der Waals surface area contributed by atoms with Gasteiger partial charge in [-0.3, -0.25) is 0 Å². The van der Waals surface area contributed by atoms with Gasteiger partial charge < -0.3 is 4.84 Å². The molecule has 15 heavy (non-hydrogen) atoms. The van der Waals surface area contributed by atoms with Gasteiger partial charge in [-0.1, -0.05) is 24.6 Å². The summed E-state index contributed by atoms with van der Waals surface area (Å²) in [6.07, 6.45) is 3.25. The van der Waals surface area contributed by atoms with Gasteiger partial charge in [-0.05, 0) is 18.9 Å². The molecule has 1 aromatic carbocycles. The molecule has 2 atom stereocenters. The lowest BCUT2D eigenvalue weighted by Crippen LogP contribution is -2.38. The van der Waals surface area contributed by atoms with Crippen LogP contribution in [0.25, 0.3) is 0 Å². The first-order valence-electron chi connectivity index (χ1n) is 5.47. The Morgan fingerprint density at radius 1 is 1.40 bits per heavy atom. The maximum Gasteiger partial charge on any atom is 0.128 e. The fraction of sp³-hybridized carbons (Fsp3) is 0.500. The molecule has 2 aliphatic rings. The van der Waals surface area contributed by atoms with Crippen molar-refractivity contribution in [1.29, 1.82) is 0 Å². The van der Waals surface area contributed by atoms with Gasteiger partial charge in [0.25, 0.3) is 0 Å². The Hall–Kier alpha value is -0.930. The number of fused-ring (bicyclic) bond motifs is 1. The SMILES string of the molecule is Fc1ccccc1[C@]12CCC[C@H]1CON2. The van der Waals surface area contributed by atoms with Gasteiger partial charge in [0.15, 0.2) is 0 Å². The zero-order valence-corrected chi connectivity index (χ0v) is 8.50. The lowest BCUT2D eigenvalue weighted by atomic mass is 9.82. The van der Waals surface area contributed by atoms with E-state index >= 15 is 0 Å². The summed E-state index contributed by atoms with van der Waals surface area (Å²) < 4.78 is 13.8. The van der Waals surface area contributed by atoms with Crippen molar-refractivity contribution < 1.29 is 9.23 Å². The van der Waals surface area contributed by atoms with Crippen LogP contribution in [0.3, 0.4) is 0 Å². The third-order valence-corrected chi connectivity index (χ3v) is 3.71. The molecule has 3 heteroatoms. The van der Waals surface area contributed by atoms with Crippen LogP contribution >= 0.6 is 0 Å². The highest BCUT2D eigenvalue weighted by Crippen LogP contribution is 2.47. The molecule has 0 amide bonds. The summed E-state index contributed by atoms with van der Waals surface area (Å²) in [6.45, 7) is 0.703. The minimum Gasteiger partial charge on any atom is -0.301 e. The highest BCUT2D eigenvalue weighted by Gasteiger charge is 2.49. The zero-order chi connectivity index (χ0) is 10.3. The van der Waals surface area contributed by atoms with Crippen LogP contribution < -0.4 is 5.48 Å². The molecule has 0 spiro atoms. The van der Waals surface area contributed by atoms with Gasteiger partial charge in [-0.2, -0.15) is 5.48 Å². The summed E-state index contributed by atoms with van der Waals surface area (Å²) in [5.74, 6) is 0.303. The van der Waals surface area contributed by atoms with Crippen molar-refractivity contribution in [2.75, 3.05) is 6.61 Å². The van der Waals surface area contributed by atoms with E-state index in [2.05, 4.69) is 5.48 Å². The Morgan fingerprint density at radius 2 is 2.27 bits per heavy atom. The standard InChI is InChI=1S/C12H14FNO/c13-11-6-2-1-5-10(11)12-7-3-4-9(12)8-15-14-12/h1-2,5-6,9,14H,3-4,7-8H2/t9-,12-/m0/s1. The molecular formula is C12H14FNO. The van der Waals surface area contributed by atoms with E-state index in [0.717, 1.165) is 24.8 Å². The molecule has 2 fully saturated rings. The second-order valence-electron chi connectivity index (χ2n) is 4.45. The molecule has 0 radical (unpaired) electrons. The monoisotopic (exact) mass is 207 g/mol. The Kier molecular flexibility index (Phi) is 2.04. The average Bonchev–Trinajstić information content (AvgIpc) is 2.77. The van der Waals surface area contributed by atoms with Crippen molar-refractivity contribution in [3.63, 3.8) is 0 Å². The average molecular weight is 207 g/mol. The fourth-order valence-electron chi connectivity index (χ4n) is 2.94. The van der Waals surface area contributed by atoms with Crippen molar-refractivity contribution in [2.24, 2.45) is 5.92 Å². The van der Waals surface area contributed by atoms with Crippen molar-refractivity contribution in [1.82, 2.24) is 5.48 Å². The van der Waals surface area contributed by atoms with E-state index in [1.165, 1.54) is 6.07 Å². The molecular weight excluding hydrogens is 193 g/mol. The topological polar surface area (TPSA) is 21.3 Å². The third-order valence-electron chi connectivity index (χ3n) is 3.71. The molecule has 1 aromatic rings. The van der Waals surface area contributed by atoms with Crippen LogP contribution in [0.1, 0.15) is 24.8 Å². The lowest BCUT2D eigenvalue weighted by Gasteiger charge is -2.28. The van der Waals surface area contributed by atoms with E-state index in [-0.39, 0.29) is 11.4 Å². The Bertz CT molecular complexity index is 370. The minimum absolute atomic E-state index is 0.123. The summed E-state index contributed by atoms with van der Waals surface area (Å²) in [7, 11) is 0. The normalized spacial score (nSPS) is 34.3. The Morgan fingerprint density at radius 3 is 3.13 bits per heavy atom. The highest BCUT2D eigenvalue weighted by molar-refractivity contribution is 5.29. The highest BCUT2D eigenvalue weighted by atomic mass is 19.1. The van der Waals surface area contributed by atoms with Gasteiger partial charge in [-0.25, -0.2) is 4.39 Å². The smallest absolute Gasteiger partial charge is 0.128 e. The Balaban J connectivity index is 2.08. The van der Waals surface area contributed by atoms with Crippen molar-refractivity contribution in [3.8, 4) is 0 Å². The molecule has 0 aromatic heterocycles. The summed E-state index contributed by atoms with van der Waals surface area (Å²) in [4.78, 5) is 5.31. The number of benzene rings is 1.